The molecule has 1 saturated heterocycles. The second kappa shape index (κ2) is 8.79. The average Bonchev–Trinajstić information content (AvgIpc) is 2.53. The molecule has 0 aromatic carbocycles. The minimum Gasteiger partial charge on any atom is -0.379 e. The van der Waals surface area contributed by atoms with Gasteiger partial charge in [0.1, 0.15) is 18.0 Å². The van der Waals surface area contributed by atoms with Crippen LogP contribution in [0.15, 0.2) is 6.33 Å². The Balaban J connectivity index is 1.74. The van der Waals surface area contributed by atoms with E-state index >= 15 is 0 Å². The summed E-state index contributed by atoms with van der Waals surface area (Å²) in [4.78, 5) is 11.1. The topological polar surface area (TPSA) is 62.3 Å². The second-order valence-corrected chi connectivity index (χ2v) is 5.36. The minimum atomic E-state index is 0.866. The molecule has 0 saturated carbocycles. The summed E-state index contributed by atoms with van der Waals surface area (Å²) in [6, 6.07) is 0. The quantitative estimate of drug-likeness (QED) is 0.712. The van der Waals surface area contributed by atoms with E-state index in [4.69, 9.17) is 4.74 Å². The van der Waals surface area contributed by atoms with Gasteiger partial charge in [0.2, 0.25) is 0 Å². The lowest BCUT2D eigenvalue weighted by Gasteiger charge is -2.26. The van der Waals surface area contributed by atoms with Crippen molar-refractivity contribution in [2.24, 2.45) is 0 Å². The molecule has 1 fully saturated rings. The van der Waals surface area contributed by atoms with Crippen molar-refractivity contribution in [1.82, 2.24) is 14.9 Å². The third-order valence-electron chi connectivity index (χ3n) is 3.67. The number of ether oxygens (including phenoxy) is 1. The van der Waals surface area contributed by atoms with E-state index in [0.29, 0.717) is 0 Å². The summed E-state index contributed by atoms with van der Waals surface area (Å²) < 4.78 is 5.36. The van der Waals surface area contributed by atoms with Crippen molar-refractivity contribution in [3.63, 3.8) is 0 Å². The van der Waals surface area contributed by atoms with Crippen LogP contribution in [0.1, 0.15) is 25.3 Å². The van der Waals surface area contributed by atoms with Gasteiger partial charge in [0.05, 0.1) is 13.2 Å². The van der Waals surface area contributed by atoms with Crippen molar-refractivity contribution in [3.8, 4) is 0 Å². The Hall–Kier alpha value is -1.40. The summed E-state index contributed by atoms with van der Waals surface area (Å²) in [6.07, 6.45) is 3.82. The van der Waals surface area contributed by atoms with Crippen molar-refractivity contribution in [1.29, 1.82) is 0 Å². The van der Waals surface area contributed by atoms with Crippen molar-refractivity contribution < 1.29 is 4.74 Å². The fourth-order valence-electron chi connectivity index (χ4n) is 2.38. The summed E-state index contributed by atoms with van der Waals surface area (Å²) in [5.74, 6) is 1.87. The molecule has 0 spiro atoms. The van der Waals surface area contributed by atoms with E-state index in [1.807, 2.05) is 0 Å². The van der Waals surface area contributed by atoms with Gasteiger partial charge >= 0.3 is 0 Å². The lowest BCUT2D eigenvalue weighted by molar-refractivity contribution is 0.0378. The molecule has 6 nitrogen and oxygen atoms in total. The molecule has 0 amide bonds. The Bertz CT molecular complexity index is 421. The van der Waals surface area contributed by atoms with E-state index in [9.17, 15) is 0 Å². The molecule has 0 radical (unpaired) electrons. The van der Waals surface area contributed by atoms with Crippen molar-refractivity contribution in [3.05, 3.63) is 11.9 Å². The highest BCUT2D eigenvalue weighted by Gasteiger charge is 2.10. The highest BCUT2D eigenvalue weighted by atomic mass is 16.5. The molecule has 0 unspecified atom stereocenters. The molecule has 1 aromatic rings. The molecule has 1 aliphatic heterocycles. The first-order valence-corrected chi connectivity index (χ1v) is 7.90. The van der Waals surface area contributed by atoms with Gasteiger partial charge in [-0.15, -0.1) is 0 Å². The Kier molecular flexibility index (Phi) is 6.69. The average molecular weight is 293 g/mol. The first-order valence-electron chi connectivity index (χ1n) is 7.90. The third kappa shape index (κ3) is 5.13. The molecule has 2 heterocycles. The van der Waals surface area contributed by atoms with Gasteiger partial charge in [0.15, 0.2) is 0 Å². The lowest BCUT2D eigenvalue weighted by Crippen LogP contribution is -2.37. The summed E-state index contributed by atoms with van der Waals surface area (Å²) in [5.41, 5.74) is 1.09. The van der Waals surface area contributed by atoms with Gasteiger partial charge in [-0.05, 0) is 26.3 Å². The van der Waals surface area contributed by atoms with Crippen LogP contribution in [0.25, 0.3) is 0 Å². The van der Waals surface area contributed by atoms with Crippen molar-refractivity contribution in [2.45, 2.75) is 26.7 Å². The molecule has 2 N–H and O–H groups in total. The van der Waals surface area contributed by atoms with E-state index in [1.54, 1.807) is 6.33 Å². The number of anilines is 2. The van der Waals surface area contributed by atoms with E-state index in [-0.39, 0.29) is 0 Å². The number of hydrogen-bond donors (Lipinski definition) is 2. The van der Waals surface area contributed by atoms with Gasteiger partial charge in [0, 0.05) is 31.7 Å². The number of hydrogen-bond acceptors (Lipinski definition) is 6. The van der Waals surface area contributed by atoms with Crippen LogP contribution in [0.2, 0.25) is 0 Å². The highest BCUT2D eigenvalue weighted by Crippen LogP contribution is 2.17. The first kappa shape index (κ1) is 16.0. The van der Waals surface area contributed by atoms with Gasteiger partial charge in [-0.25, -0.2) is 9.97 Å². The molecular weight excluding hydrogens is 266 g/mol. The molecule has 1 aliphatic rings. The van der Waals surface area contributed by atoms with Gasteiger partial charge in [-0.3, -0.25) is 4.90 Å². The molecule has 2 rings (SSSR count). The Morgan fingerprint density at radius 1 is 1.14 bits per heavy atom. The number of nitrogens with zero attached hydrogens (tertiary/aromatic N) is 3. The number of nitrogens with one attached hydrogen (secondary N) is 2. The maximum atomic E-state index is 5.36. The van der Waals surface area contributed by atoms with Crippen LogP contribution in [0.5, 0.6) is 0 Å². The maximum absolute atomic E-state index is 5.36. The Morgan fingerprint density at radius 3 is 2.48 bits per heavy atom. The van der Waals surface area contributed by atoms with Gasteiger partial charge < -0.3 is 15.4 Å². The Morgan fingerprint density at radius 2 is 1.81 bits per heavy atom. The van der Waals surface area contributed by atoms with E-state index in [1.165, 1.54) is 0 Å². The van der Waals surface area contributed by atoms with Crippen LogP contribution in [-0.4, -0.2) is 60.8 Å². The monoisotopic (exact) mass is 293 g/mol. The number of rotatable bonds is 8. The standard InChI is InChI=1S/C15H27N5O/c1-3-5-16-14-13(2)15(19-12-18-14)17-6-4-7-20-8-10-21-11-9-20/h12H,3-11H2,1-2H3,(H2,16,17,18,19). The smallest absolute Gasteiger partial charge is 0.134 e. The van der Waals surface area contributed by atoms with Gasteiger partial charge in [0.25, 0.3) is 0 Å². The predicted molar refractivity (Wildman–Crippen MR) is 85.9 cm³/mol. The molecule has 0 aliphatic carbocycles. The molecule has 0 atom stereocenters. The molecule has 6 heteroatoms. The molecular formula is C15H27N5O. The van der Waals surface area contributed by atoms with Crippen molar-refractivity contribution >= 4 is 11.6 Å². The van der Waals surface area contributed by atoms with Crippen LogP contribution < -0.4 is 10.6 Å². The van der Waals surface area contributed by atoms with Gasteiger partial charge in [-0.2, -0.15) is 0 Å². The summed E-state index contributed by atoms with van der Waals surface area (Å²) >= 11 is 0. The molecule has 0 bridgehead atoms. The Labute approximate surface area is 127 Å². The zero-order valence-electron chi connectivity index (χ0n) is 13.2. The number of aromatic nitrogens is 2. The SMILES string of the molecule is CCCNc1ncnc(NCCCN2CCOCC2)c1C. The predicted octanol–water partition coefficient (Wildman–Crippen LogP) is 1.74. The lowest BCUT2D eigenvalue weighted by atomic mass is 10.3. The third-order valence-corrected chi connectivity index (χ3v) is 3.67. The summed E-state index contributed by atoms with van der Waals surface area (Å²) in [7, 11) is 0. The summed E-state index contributed by atoms with van der Waals surface area (Å²) in [5, 5.41) is 6.75. The molecule has 118 valence electrons. The van der Waals surface area contributed by atoms with Crippen LogP contribution >= 0.6 is 0 Å². The fourth-order valence-corrected chi connectivity index (χ4v) is 2.38. The van der Waals surface area contributed by atoms with Gasteiger partial charge in [-0.1, -0.05) is 6.92 Å². The van der Waals surface area contributed by atoms with E-state index < -0.39 is 0 Å². The zero-order chi connectivity index (χ0) is 14.9. The van der Waals surface area contributed by atoms with Crippen LogP contribution in [-0.2, 0) is 4.74 Å². The van der Waals surface area contributed by atoms with Crippen LogP contribution in [0, 0.1) is 6.92 Å². The van der Waals surface area contributed by atoms with Crippen LogP contribution in [0.3, 0.4) is 0 Å². The van der Waals surface area contributed by atoms with Crippen LogP contribution in [0.4, 0.5) is 11.6 Å². The zero-order valence-corrected chi connectivity index (χ0v) is 13.2. The normalized spacial score (nSPS) is 15.9. The molecule has 1 aromatic heterocycles. The second-order valence-electron chi connectivity index (χ2n) is 5.36. The van der Waals surface area contributed by atoms with Crippen molar-refractivity contribution in [2.75, 3.05) is 56.6 Å². The van der Waals surface area contributed by atoms with E-state index in [0.717, 1.165) is 76.0 Å². The van der Waals surface area contributed by atoms with E-state index in [2.05, 4.69) is 39.3 Å². The fraction of sp³-hybridized carbons (Fsp3) is 0.733. The maximum Gasteiger partial charge on any atom is 0.134 e. The molecule has 21 heavy (non-hydrogen) atoms. The largest absolute Gasteiger partial charge is 0.379 e. The first-order chi connectivity index (χ1) is 10.3. The minimum absolute atomic E-state index is 0.866. The highest BCUT2D eigenvalue weighted by molar-refractivity contribution is 5.56. The summed E-state index contributed by atoms with van der Waals surface area (Å²) in [6.45, 7) is 11.0. The number of morpholine rings is 1.